The zero-order chi connectivity index (χ0) is 11.3. The Bertz CT molecular complexity index is 682. The minimum Gasteiger partial charge on any atom is -0.744 e. The Labute approximate surface area is 142 Å². The molecule has 1 aliphatic carbocycles. The van der Waals surface area contributed by atoms with Crippen molar-refractivity contribution in [2.75, 3.05) is 0 Å². The van der Waals surface area contributed by atoms with E-state index in [9.17, 15) is 13.0 Å². The topological polar surface area (TPSA) is 57.2 Å². The third-order valence-electron chi connectivity index (χ3n) is 3.11. The van der Waals surface area contributed by atoms with Crippen LogP contribution in [-0.2, 0) is 23.0 Å². The Hall–Kier alpha value is 0.246. The van der Waals surface area contributed by atoms with Gasteiger partial charge in [0.05, 0.1) is 4.90 Å². The Morgan fingerprint density at radius 1 is 1.00 bits per heavy atom. The minimum atomic E-state index is -4.39. The van der Waals surface area contributed by atoms with Crippen LogP contribution in [0.4, 0.5) is 0 Å². The largest absolute Gasteiger partial charge is 0.744 e. The van der Waals surface area contributed by atoms with Gasteiger partial charge in [0.25, 0.3) is 0 Å². The quantitative estimate of drug-likeness (QED) is 0.583. The molecule has 0 aliphatic heterocycles. The van der Waals surface area contributed by atoms with E-state index in [0.29, 0.717) is 5.39 Å². The maximum absolute atomic E-state index is 11.1. The van der Waals surface area contributed by atoms with Crippen molar-refractivity contribution in [1.29, 1.82) is 0 Å². The van der Waals surface area contributed by atoms with Crippen molar-refractivity contribution in [3.05, 3.63) is 41.5 Å². The van der Waals surface area contributed by atoms with Gasteiger partial charge in [0.2, 0.25) is 0 Å². The Balaban J connectivity index is 0.00000108. The molecule has 3 nitrogen and oxygen atoms in total. The van der Waals surface area contributed by atoms with Gasteiger partial charge < -0.3 is 4.55 Å². The maximum Gasteiger partial charge on any atom is 0.125 e. The van der Waals surface area contributed by atoms with Crippen LogP contribution in [0.2, 0.25) is 0 Å². The zero-order valence-corrected chi connectivity index (χ0v) is 13.4. The van der Waals surface area contributed by atoms with Crippen LogP contribution in [0.3, 0.4) is 0 Å². The maximum atomic E-state index is 11.1. The van der Waals surface area contributed by atoms with Gasteiger partial charge in [-0.3, -0.25) is 0 Å². The standard InChI is InChI=1S/C12H10O3S.K/c13-16(14,15)11-7-6-9-5-4-8-2-1-3-10(11)12(8)9;/h1-3,6-7H,4-5H2,(H,13,14,15);/p-1. The molecule has 0 bridgehead atoms. The number of hydrogen-bond acceptors (Lipinski definition) is 3. The van der Waals surface area contributed by atoms with Gasteiger partial charge in [-0.1, -0.05) is 24.3 Å². The molecule has 0 spiro atoms. The van der Waals surface area contributed by atoms with Crippen LogP contribution in [0.15, 0.2) is 35.2 Å². The Morgan fingerprint density at radius 3 is 2.29 bits per heavy atom. The van der Waals surface area contributed by atoms with Crippen LogP contribution in [0.25, 0.3) is 10.8 Å². The molecule has 2 aromatic carbocycles. The van der Waals surface area contributed by atoms with Crippen LogP contribution >= 0.6 is 0 Å². The van der Waals surface area contributed by atoms with Crippen LogP contribution in [-0.4, -0.2) is 64.4 Å². The van der Waals surface area contributed by atoms with E-state index in [-0.39, 0.29) is 56.3 Å². The second-order valence-corrected chi connectivity index (χ2v) is 5.36. The zero-order valence-electron chi connectivity index (χ0n) is 9.43. The number of benzene rings is 2. The van der Waals surface area contributed by atoms with Gasteiger partial charge in [-0.05, 0) is 40.8 Å². The van der Waals surface area contributed by atoms with E-state index in [1.807, 2.05) is 6.07 Å². The molecule has 17 heavy (non-hydrogen) atoms. The molecular weight excluding hydrogens is 263 g/mol. The molecular formula is C12H9KO3S-. The van der Waals surface area contributed by atoms with Crippen molar-refractivity contribution in [3.8, 4) is 0 Å². The van der Waals surface area contributed by atoms with E-state index in [0.717, 1.165) is 29.4 Å². The van der Waals surface area contributed by atoms with Gasteiger partial charge in [0, 0.05) is 51.4 Å². The molecule has 1 aliphatic rings. The van der Waals surface area contributed by atoms with Crippen molar-refractivity contribution >= 4 is 72.3 Å². The van der Waals surface area contributed by atoms with Gasteiger partial charge >= 0.3 is 0 Å². The summed E-state index contributed by atoms with van der Waals surface area (Å²) < 4.78 is 33.4. The first kappa shape index (κ1) is 13.7. The third kappa shape index (κ3) is 2.25. The van der Waals surface area contributed by atoms with Crippen molar-refractivity contribution in [3.63, 3.8) is 0 Å². The van der Waals surface area contributed by atoms with Crippen molar-refractivity contribution < 1.29 is 13.0 Å². The van der Waals surface area contributed by atoms with Crippen LogP contribution in [0.1, 0.15) is 11.1 Å². The number of hydrogen-bond donors (Lipinski definition) is 0. The van der Waals surface area contributed by atoms with E-state index < -0.39 is 10.1 Å². The van der Waals surface area contributed by atoms with Gasteiger partial charge in [-0.25, -0.2) is 8.42 Å². The normalized spacial score (nSPS) is 13.7. The predicted octanol–water partition coefficient (Wildman–Crippen LogP) is 1.46. The molecule has 83 valence electrons. The first-order valence-corrected chi connectivity index (χ1v) is 6.47. The van der Waals surface area contributed by atoms with Gasteiger partial charge in [0.1, 0.15) is 10.1 Å². The van der Waals surface area contributed by atoms with E-state index >= 15 is 0 Å². The molecule has 0 saturated heterocycles. The molecule has 0 amide bonds. The molecule has 1 radical (unpaired) electrons. The van der Waals surface area contributed by atoms with Crippen LogP contribution < -0.4 is 0 Å². The second kappa shape index (κ2) is 4.73. The SMILES string of the molecule is O=S(=O)([O-])c1ccc2c3c(cccc13)CC2.[K]. The number of aryl methyl sites for hydroxylation is 2. The fourth-order valence-electron chi connectivity index (χ4n) is 2.44. The monoisotopic (exact) mass is 272 g/mol. The minimum absolute atomic E-state index is 0. The number of rotatable bonds is 1. The molecule has 0 unspecified atom stereocenters. The summed E-state index contributed by atoms with van der Waals surface area (Å²) in [5, 5.41) is 1.53. The predicted molar refractivity (Wildman–Crippen MR) is 65.1 cm³/mol. The summed E-state index contributed by atoms with van der Waals surface area (Å²) in [6.07, 6.45) is 1.85. The van der Waals surface area contributed by atoms with Crippen molar-refractivity contribution in [2.45, 2.75) is 17.7 Å². The molecule has 3 rings (SSSR count). The summed E-state index contributed by atoms with van der Waals surface area (Å²) in [6.45, 7) is 0. The molecule has 2 aromatic rings. The summed E-state index contributed by atoms with van der Waals surface area (Å²) in [6, 6.07) is 8.68. The average molecular weight is 272 g/mol. The van der Waals surface area contributed by atoms with Gasteiger partial charge in [-0.15, -0.1) is 0 Å². The van der Waals surface area contributed by atoms with Crippen LogP contribution in [0, 0.1) is 0 Å². The summed E-state index contributed by atoms with van der Waals surface area (Å²) in [5.41, 5.74) is 2.27. The molecule has 0 aromatic heterocycles. The molecule has 0 saturated carbocycles. The molecule has 0 N–H and O–H groups in total. The fraction of sp³-hybridized carbons (Fsp3) is 0.167. The molecule has 5 heteroatoms. The van der Waals surface area contributed by atoms with Crippen molar-refractivity contribution in [1.82, 2.24) is 0 Å². The summed E-state index contributed by atoms with van der Waals surface area (Å²) in [7, 11) is -4.39. The van der Waals surface area contributed by atoms with Crippen LogP contribution in [0.5, 0.6) is 0 Å². The van der Waals surface area contributed by atoms with E-state index in [4.69, 9.17) is 0 Å². The summed E-state index contributed by atoms with van der Waals surface area (Å²) in [4.78, 5) is -0.102. The van der Waals surface area contributed by atoms with E-state index in [1.54, 1.807) is 18.2 Å². The molecule has 0 atom stereocenters. The van der Waals surface area contributed by atoms with Crippen molar-refractivity contribution in [2.24, 2.45) is 0 Å². The third-order valence-corrected chi connectivity index (χ3v) is 4.00. The first-order chi connectivity index (χ1) is 7.57. The van der Waals surface area contributed by atoms with Gasteiger partial charge in [0.15, 0.2) is 0 Å². The Morgan fingerprint density at radius 2 is 1.65 bits per heavy atom. The molecule has 0 fully saturated rings. The smallest absolute Gasteiger partial charge is 0.125 e. The Kier molecular flexibility index (Phi) is 3.81. The van der Waals surface area contributed by atoms with E-state index in [1.165, 1.54) is 6.07 Å². The molecule has 0 heterocycles. The van der Waals surface area contributed by atoms with E-state index in [2.05, 4.69) is 0 Å². The summed E-state index contributed by atoms with van der Waals surface area (Å²) in [5.74, 6) is 0. The second-order valence-electron chi connectivity index (χ2n) is 4.02. The fourth-order valence-corrected chi connectivity index (χ4v) is 3.11. The average Bonchev–Trinajstić information content (AvgIpc) is 2.63. The van der Waals surface area contributed by atoms with Gasteiger partial charge in [-0.2, -0.15) is 0 Å². The summed E-state index contributed by atoms with van der Waals surface area (Å²) >= 11 is 0. The first-order valence-electron chi connectivity index (χ1n) is 5.07.